The van der Waals surface area contributed by atoms with E-state index in [4.69, 9.17) is 19.2 Å². The van der Waals surface area contributed by atoms with Crippen molar-refractivity contribution in [1.82, 2.24) is 0 Å². The number of hydrogen-bond acceptors (Lipinski definition) is 7. The molecule has 7 nitrogen and oxygen atoms in total. The summed E-state index contributed by atoms with van der Waals surface area (Å²) in [6.07, 6.45) is 0.863. The van der Waals surface area contributed by atoms with E-state index in [1.165, 1.54) is 7.11 Å². The van der Waals surface area contributed by atoms with Crippen molar-refractivity contribution in [3.05, 3.63) is 64.9 Å². The second-order valence-electron chi connectivity index (χ2n) is 8.33. The van der Waals surface area contributed by atoms with Crippen molar-refractivity contribution < 1.29 is 28.9 Å². The second-order valence-corrected chi connectivity index (χ2v) is 8.33. The first-order valence-electron chi connectivity index (χ1n) is 10.8. The fraction of sp³-hybridized carbons (Fsp3) is 0.346. The Kier molecular flexibility index (Phi) is 6.22. The monoisotopic (exact) mass is 449 g/mol. The van der Waals surface area contributed by atoms with Gasteiger partial charge in [0.1, 0.15) is 11.7 Å². The molecule has 0 fully saturated rings. The van der Waals surface area contributed by atoms with Crippen molar-refractivity contribution in [2.45, 2.75) is 31.6 Å². The molecule has 2 aromatic rings. The molecular formula is C26H27NO6. The zero-order chi connectivity index (χ0) is 23.7. The Morgan fingerprint density at radius 1 is 0.970 bits per heavy atom. The van der Waals surface area contributed by atoms with E-state index in [0.29, 0.717) is 41.3 Å². The molecule has 7 heteroatoms. The van der Waals surface area contributed by atoms with Crippen LogP contribution in [0.3, 0.4) is 0 Å². The van der Waals surface area contributed by atoms with Crippen LogP contribution in [0.2, 0.25) is 0 Å². The molecule has 0 saturated heterocycles. The van der Waals surface area contributed by atoms with Gasteiger partial charge in [-0.15, -0.1) is 0 Å². The molecule has 1 N–H and O–H groups in total. The number of aromatic hydroxyl groups is 1. The van der Waals surface area contributed by atoms with Gasteiger partial charge in [-0.05, 0) is 54.7 Å². The number of carbonyl (C=O) groups excluding carboxylic acids is 2. The summed E-state index contributed by atoms with van der Waals surface area (Å²) in [5.41, 5.74) is 3.60. The van der Waals surface area contributed by atoms with Crippen molar-refractivity contribution in [3.8, 4) is 17.2 Å². The Hall–Kier alpha value is -3.61. The highest BCUT2D eigenvalue weighted by Crippen LogP contribution is 2.47. The molecular weight excluding hydrogens is 422 g/mol. The van der Waals surface area contributed by atoms with Gasteiger partial charge in [0.15, 0.2) is 17.3 Å². The van der Waals surface area contributed by atoms with Crippen LogP contribution < -0.4 is 9.47 Å². The lowest BCUT2D eigenvalue weighted by atomic mass is 9.69. The maximum Gasteiger partial charge on any atom is 0.315 e. The van der Waals surface area contributed by atoms with E-state index in [-0.39, 0.29) is 17.5 Å². The number of Topliss-reactive ketones (excluding diaryl/α,β-unsaturated/α-hetero) is 1. The van der Waals surface area contributed by atoms with Crippen LogP contribution in [0.25, 0.3) is 0 Å². The minimum atomic E-state index is -0.695. The number of phenolic OH excluding ortho intramolecular Hbond substituents is 1. The summed E-state index contributed by atoms with van der Waals surface area (Å²) in [6.45, 7) is 1.79. The molecule has 33 heavy (non-hydrogen) atoms. The van der Waals surface area contributed by atoms with Gasteiger partial charge in [0.05, 0.1) is 21.3 Å². The van der Waals surface area contributed by atoms with Gasteiger partial charge >= 0.3 is 5.97 Å². The maximum absolute atomic E-state index is 13.5. The lowest BCUT2D eigenvalue weighted by molar-refractivity contribution is -0.143. The number of ether oxygens (including phenoxy) is 3. The molecule has 1 heterocycles. The van der Waals surface area contributed by atoms with Gasteiger partial charge in [-0.25, -0.2) is 0 Å². The quantitative estimate of drug-likeness (QED) is 0.689. The number of hydrogen-bond donors (Lipinski definition) is 1. The zero-order valence-electron chi connectivity index (χ0n) is 19.1. The Bertz CT molecular complexity index is 1150. The lowest BCUT2D eigenvalue weighted by Crippen LogP contribution is -2.37. The summed E-state index contributed by atoms with van der Waals surface area (Å²) in [5.74, 6) is -0.393. The van der Waals surface area contributed by atoms with Crippen LogP contribution >= 0.6 is 0 Å². The van der Waals surface area contributed by atoms with E-state index in [1.807, 2.05) is 18.2 Å². The number of rotatable bonds is 5. The third-order valence-corrected chi connectivity index (χ3v) is 6.47. The molecule has 0 amide bonds. The van der Waals surface area contributed by atoms with Gasteiger partial charge in [0, 0.05) is 29.3 Å². The highest BCUT2D eigenvalue weighted by molar-refractivity contribution is 6.09. The number of methoxy groups -OCH3 is 3. The summed E-state index contributed by atoms with van der Waals surface area (Å²) in [5, 5.41) is 9.74. The van der Waals surface area contributed by atoms with Crippen LogP contribution in [-0.2, 0) is 14.3 Å². The van der Waals surface area contributed by atoms with Gasteiger partial charge in [-0.1, -0.05) is 18.2 Å². The number of ketones is 1. The smallest absolute Gasteiger partial charge is 0.315 e. The normalized spacial score (nSPS) is 22.4. The first kappa shape index (κ1) is 22.6. The summed E-state index contributed by atoms with van der Waals surface area (Å²) >= 11 is 0. The van der Waals surface area contributed by atoms with E-state index < -0.39 is 17.8 Å². The molecule has 1 aliphatic carbocycles. The Labute approximate surface area is 192 Å². The molecule has 0 spiro atoms. The van der Waals surface area contributed by atoms with Gasteiger partial charge in [0.2, 0.25) is 0 Å². The number of aliphatic imine (C=N–C) groups is 1. The second kappa shape index (κ2) is 9.10. The average Bonchev–Trinajstić information content (AvgIpc) is 2.82. The van der Waals surface area contributed by atoms with E-state index >= 15 is 0 Å². The third-order valence-electron chi connectivity index (χ3n) is 6.47. The van der Waals surface area contributed by atoms with Crippen molar-refractivity contribution in [1.29, 1.82) is 0 Å². The summed E-state index contributed by atoms with van der Waals surface area (Å²) in [4.78, 5) is 31.0. The molecule has 0 bridgehead atoms. The lowest BCUT2D eigenvalue weighted by Gasteiger charge is -2.36. The Balaban J connectivity index is 1.78. The number of carbonyl (C=O) groups is 2. The molecule has 1 aliphatic heterocycles. The third kappa shape index (κ3) is 4.11. The summed E-state index contributed by atoms with van der Waals surface area (Å²) < 4.78 is 15.8. The Morgan fingerprint density at radius 2 is 1.64 bits per heavy atom. The predicted molar refractivity (Wildman–Crippen MR) is 123 cm³/mol. The van der Waals surface area contributed by atoms with Gasteiger partial charge in [-0.2, -0.15) is 0 Å². The van der Waals surface area contributed by atoms with Crippen LogP contribution in [0.1, 0.15) is 42.7 Å². The molecule has 172 valence electrons. The SMILES string of the molecule is COC(=O)C1C(C)=NC2=C(C(=O)C[C@@H](c3ccc(OC)c(OC)c3)C2)[C@@H]1c1ccc(O)cc1. The molecule has 3 atom stereocenters. The van der Waals surface area contributed by atoms with E-state index in [0.717, 1.165) is 11.1 Å². The number of phenols is 1. The van der Waals surface area contributed by atoms with Crippen molar-refractivity contribution in [2.75, 3.05) is 21.3 Å². The molecule has 1 unspecified atom stereocenters. The van der Waals surface area contributed by atoms with E-state index in [2.05, 4.69) is 0 Å². The highest BCUT2D eigenvalue weighted by Gasteiger charge is 2.44. The zero-order valence-corrected chi connectivity index (χ0v) is 19.1. The average molecular weight is 450 g/mol. The van der Waals surface area contributed by atoms with E-state index in [1.54, 1.807) is 45.4 Å². The van der Waals surface area contributed by atoms with Crippen LogP contribution in [-0.4, -0.2) is 43.9 Å². The van der Waals surface area contributed by atoms with Gasteiger partial charge in [-0.3, -0.25) is 14.6 Å². The van der Waals surface area contributed by atoms with Gasteiger partial charge < -0.3 is 19.3 Å². The molecule has 2 aliphatic rings. The molecule has 4 rings (SSSR count). The van der Waals surface area contributed by atoms with Crippen LogP contribution in [0.5, 0.6) is 17.2 Å². The van der Waals surface area contributed by atoms with Crippen LogP contribution in [0, 0.1) is 5.92 Å². The fourth-order valence-electron chi connectivity index (χ4n) is 4.88. The van der Waals surface area contributed by atoms with Crippen LogP contribution in [0.4, 0.5) is 0 Å². The van der Waals surface area contributed by atoms with Crippen molar-refractivity contribution in [2.24, 2.45) is 10.9 Å². The molecule has 0 aromatic heterocycles. The number of allylic oxidation sites excluding steroid dienone is 2. The highest BCUT2D eigenvalue weighted by atomic mass is 16.5. The topological polar surface area (TPSA) is 94.4 Å². The number of esters is 1. The summed E-state index contributed by atoms with van der Waals surface area (Å²) in [6, 6.07) is 12.3. The number of nitrogens with zero attached hydrogens (tertiary/aromatic N) is 1. The largest absolute Gasteiger partial charge is 0.508 e. The standard InChI is InChI=1S/C26H27NO6/c1-14-23(26(30)33-4)24(15-5-8-18(28)9-6-15)25-19(27-14)11-17(12-20(25)29)16-7-10-21(31-2)22(13-16)32-3/h5-10,13,17,23-24,28H,11-12H2,1-4H3/t17-,23?,24+/m0/s1. The first-order valence-corrected chi connectivity index (χ1v) is 10.8. The maximum atomic E-state index is 13.5. The molecule has 0 radical (unpaired) electrons. The predicted octanol–water partition coefficient (Wildman–Crippen LogP) is 4.16. The van der Waals surface area contributed by atoms with Crippen molar-refractivity contribution in [3.63, 3.8) is 0 Å². The Morgan fingerprint density at radius 3 is 2.27 bits per heavy atom. The fourth-order valence-corrected chi connectivity index (χ4v) is 4.88. The molecule has 0 saturated carbocycles. The first-order chi connectivity index (χ1) is 15.9. The minimum Gasteiger partial charge on any atom is -0.508 e. The van der Waals surface area contributed by atoms with Crippen molar-refractivity contribution >= 4 is 17.5 Å². The van der Waals surface area contributed by atoms with E-state index in [9.17, 15) is 14.7 Å². The van der Waals surface area contributed by atoms with Gasteiger partial charge in [0.25, 0.3) is 0 Å². The van der Waals surface area contributed by atoms with Crippen LogP contribution in [0.15, 0.2) is 58.7 Å². The minimum absolute atomic E-state index is 0.0423. The number of benzene rings is 2. The molecule has 2 aromatic carbocycles. The summed E-state index contributed by atoms with van der Waals surface area (Å²) in [7, 11) is 4.50.